The largest absolute Gasteiger partial charge is 0.396 e. The fraction of sp³-hybridized carbons (Fsp3) is 0.615. The van der Waals surface area contributed by atoms with Gasteiger partial charge in [-0.3, -0.25) is 4.79 Å². The Balaban J connectivity index is 1.44. The second-order valence-electron chi connectivity index (χ2n) is 10.4. The van der Waals surface area contributed by atoms with E-state index < -0.39 is 0 Å². The lowest BCUT2D eigenvalue weighted by Gasteiger charge is -2.44. The van der Waals surface area contributed by atoms with Gasteiger partial charge in [-0.1, -0.05) is 26.0 Å². The molecule has 2 fully saturated rings. The zero-order valence-electron chi connectivity index (χ0n) is 19.4. The van der Waals surface area contributed by atoms with Gasteiger partial charge in [0.25, 0.3) is 0 Å². The molecule has 1 aliphatic heterocycles. The van der Waals surface area contributed by atoms with Crippen LogP contribution in [0.25, 0.3) is 10.9 Å². The number of aliphatic hydroxyl groups excluding tert-OH is 1. The topological polar surface area (TPSA) is 65.5 Å². The molecular formula is C26H37N3O2. The summed E-state index contributed by atoms with van der Waals surface area (Å²) in [6.07, 6.45) is 4.83. The predicted octanol–water partition coefficient (Wildman–Crippen LogP) is 4.37. The zero-order valence-corrected chi connectivity index (χ0v) is 19.4. The number of carbonyl (C=O) groups is 1. The number of anilines is 1. The maximum Gasteiger partial charge on any atom is 0.224 e. The molecule has 1 amide bonds. The molecule has 0 spiro atoms. The maximum atomic E-state index is 13.1. The first-order chi connectivity index (χ1) is 14.8. The van der Waals surface area contributed by atoms with Crippen molar-refractivity contribution in [2.24, 2.45) is 17.3 Å². The summed E-state index contributed by atoms with van der Waals surface area (Å²) >= 11 is 0. The Kier molecular flexibility index (Phi) is 6.25. The summed E-state index contributed by atoms with van der Waals surface area (Å²) in [5.41, 5.74) is 3.41. The van der Waals surface area contributed by atoms with Gasteiger partial charge in [0, 0.05) is 37.0 Å². The smallest absolute Gasteiger partial charge is 0.224 e. The van der Waals surface area contributed by atoms with E-state index in [1.54, 1.807) is 0 Å². The second-order valence-corrected chi connectivity index (χ2v) is 10.4. The number of aryl methyl sites for hydroxylation is 2. The number of pyridine rings is 1. The highest BCUT2D eigenvalue weighted by atomic mass is 16.3. The molecule has 1 aliphatic carbocycles. The minimum absolute atomic E-state index is 0.0174. The van der Waals surface area contributed by atoms with Crippen LogP contribution >= 0.6 is 0 Å². The quantitative estimate of drug-likeness (QED) is 0.766. The van der Waals surface area contributed by atoms with Crippen molar-refractivity contribution >= 4 is 22.6 Å². The van der Waals surface area contributed by atoms with Gasteiger partial charge in [0.1, 0.15) is 5.82 Å². The van der Waals surface area contributed by atoms with Gasteiger partial charge < -0.3 is 15.3 Å². The lowest BCUT2D eigenvalue weighted by molar-refractivity contribution is -0.130. The van der Waals surface area contributed by atoms with Crippen LogP contribution in [0.4, 0.5) is 5.82 Å². The molecule has 2 aliphatic rings. The van der Waals surface area contributed by atoms with Crippen molar-refractivity contribution in [1.82, 2.24) is 10.3 Å². The maximum absolute atomic E-state index is 13.1. The fourth-order valence-electron chi connectivity index (χ4n) is 5.49. The van der Waals surface area contributed by atoms with Crippen molar-refractivity contribution in [2.45, 2.75) is 65.8 Å². The van der Waals surface area contributed by atoms with E-state index in [1.165, 1.54) is 16.5 Å². The van der Waals surface area contributed by atoms with Crippen LogP contribution in [0.3, 0.4) is 0 Å². The average molecular weight is 424 g/mol. The number of carbonyl (C=O) groups excluding carboxylic acids is 1. The number of hydrogen-bond donors (Lipinski definition) is 2. The molecule has 1 aromatic carbocycles. The monoisotopic (exact) mass is 423 g/mol. The van der Waals surface area contributed by atoms with Gasteiger partial charge >= 0.3 is 0 Å². The van der Waals surface area contributed by atoms with Crippen LogP contribution in [0.2, 0.25) is 0 Å². The number of aromatic nitrogens is 1. The molecule has 1 atom stereocenters. The van der Waals surface area contributed by atoms with Crippen molar-refractivity contribution in [3.63, 3.8) is 0 Å². The van der Waals surface area contributed by atoms with Gasteiger partial charge in [-0.05, 0) is 80.5 Å². The number of aliphatic hydroxyl groups is 1. The standard InChI is InChI=1S/C26H37N3O2/c1-17-5-6-18(2)24-21(17)11-12-23(28-24)29-14-13-22(26(3,4)16-29)25(31)27-20-9-7-19(15-30)8-10-20/h5-6,11-12,19-20,22,30H,7-10,13-16H2,1-4H3,(H,27,31)/t19-,20+,22-/m1/s1. The summed E-state index contributed by atoms with van der Waals surface area (Å²) in [5.74, 6) is 1.64. The molecule has 31 heavy (non-hydrogen) atoms. The van der Waals surface area contributed by atoms with Crippen LogP contribution in [0.5, 0.6) is 0 Å². The Morgan fingerprint density at radius 2 is 1.81 bits per heavy atom. The van der Waals surface area contributed by atoms with E-state index in [4.69, 9.17) is 4.98 Å². The fourth-order valence-corrected chi connectivity index (χ4v) is 5.49. The zero-order chi connectivity index (χ0) is 22.2. The third kappa shape index (κ3) is 4.57. The summed E-state index contributed by atoms with van der Waals surface area (Å²) in [5, 5.41) is 13.9. The van der Waals surface area contributed by atoms with E-state index in [9.17, 15) is 9.90 Å². The van der Waals surface area contributed by atoms with Crippen molar-refractivity contribution in [1.29, 1.82) is 0 Å². The summed E-state index contributed by atoms with van der Waals surface area (Å²) < 4.78 is 0. The van der Waals surface area contributed by atoms with Crippen molar-refractivity contribution in [3.05, 3.63) is 35.4 Å². The molecule has 0 unspecified atom stereocenters. The minimum atomic E-state index is -0.122. The van der Waals surface area contributed by atoms with Crippen molar-refractivity contribution < 1.29 is 9.90 Å². The molecule has 2 heterocycles. The molecule has 0 bridgehead atoms. The van der Waals surface area contributed by atoms with Crippen LogP contribution in [0.1, 0.15) is 57.1 Å². The van der Waals surface area contributed by atoms with Crippen molar-refractivity contribution in [3.8, 4) is 0 Å². The van der Waals surface area contributed by atoms with Gasteiger partial charge in [-0.15, -0.1) is 0 Å². The summed E-state index contributed by atoms with van der Waals surface area (Å²) in [6, 6.07) is 8.88. The first-order valence-corrected chi connectivity index (χ1v) is 11.8. The van der Waals surface area contributed by atoms with E-state index in [2.05, 4.69) is 62.2 Å². The van der Waals surface area contributed by atoms with Crippen LogP contribution in [-0.2, 0) is 4.79 Å². The number of hydrogen-bond acceptors (Lipinski definition) is 4. The highest BCUT2D eigenvalue weighted by Gasteiger charge is 2.41. The Morgan fingerprint density at radius 1 is 1.10 bits per heavy atom. The predicted molar refractivity (Wildman–Crippen MR) is 126 cm³/mol. The lowest BCUT2D eigenvalue weighted by Crippen LogP contribution is -2.53. The van der Waals surface area contributed by atoms with E-state index >= 15 is 0 Å². The van der Waals surface area contributed by atoms with Gasteiger partial charge in [-0.25, -0.2) is 4.98 Å². The highest BCUT2D eigenvalue weighted by molar-refractivity contribution is 5.86. The van der Waals surface area contributed by atoms with Gasteiger partial charge in [0.2, 0.25) is 5.91 Å². The number of rotatable bonds is 4. The van der Waals surface area contributed by atoms with Gasteiger partial charge in [-0.2, -0.15) is 0 Å². The Morgan fingerprint density at radius 3 is 2.48 bits per heavy atom. The van der Waals surface area contributed by atoms with E-state index in [0.29, 0.717) is 5.92 Å². The molecule has 1 aromatic heterocycles. The second kappa shape index (κ2) is 8.78. The molecule has 5 heteroatoms. The number of amides is 1. The summed E-state index contributed by atoms with van der Waals surface area (Å²) in [7, 11) is 0. The molecule has 4 rings (SSSR count). The number of fused-ring (bicyclic) bond motifs is 1. The Labute approximate surface area is 186 Å². The third-order valence-corrected chi connectivity index (χ3v) is 7.58. The molecule has 2 N–H and O–H groups in total. The van der Waals surface area contributed by atoms with Crippen LogP contribution in [0, 0.1) is 31.1 Å². The lowest BCUT2D eigenvalue weighted by atomic mass is 9.73. The molecule has 5 nitrogen and oxygen atoms in total. The molecule has 168 valence electrons. The Hall–Kier alpha value is -2.14. The van der Waals surface area contributed by atoms with Gasteiger partial charge in [0.15, 0.2) is 0 Å². The van der Waals surface area contributed by atoms with Crippen molar-refractivity contribution in [2.75, 3.05) is 24.6 Å². The Bertz CT molecular complexity index is 947. The number of nitrogens with one attached hydrogen (secondary N) is 1. The minimum Gasteiger partial charge on any atom is -0.396 e. The average Bonchev–Trinajstić information content (AvgIpc) is 2.76. The SMILES string of the molecule is Cc1ccc(C)c2nc(N3CC[C@H](C(=O)N[C@H]4CC[C@@H](CO)CC4)C(C)(C)C3)ccc12. The third-order valence-electron chi connectivity index (χ3n) is 7.58. The molecule has 1 saturated carbocycles. The summed E-state index contributed by atoms with van der Waals surface area (Å²) in [4.78, 5) is 20.5. The van der Waals surface area contributed by atoms with Crippen LogP contribution in [-0.4, -0.2) is 41.7 Å². The van der Waals surface area contributed by atoms with E-state index in [0.717, 1.165) is 56.5 Å². The molecule has 1 saturated heterocycles. The van der Waals surface area contributed by atoms with E-state index in [-0.39, 0.29) is 29.9 Å². The van der Waals surface area contributed by atoms with Crippen LogP contribution < -0.4 is 10.2 Å². The number of piperidine rings is 1. The van der Waals surface area contributed by atoms with Crippen LogP contribution in [0.15, 0.2) is 24.3 Å². The number of nitrogens with zero attached hydrogens (tertiary/aromatic N) is 2. The molecular weight excluding hydrogens is 386 g/mol. The summed E-state index contributed by atoms with van der Waals surface area (Å²) in [6.45, 7) is 10.6. The highest BCUT2D eigenvalue weighted by Crippen LogP contribution is 2.37. The molecule has 2 aromatic rings. The molecule has 0 radical (unpaired) electrons. The first kappa shape index (κ1) is 22.1. The number of benzene rings is 1. The van der Waals surface area contributed by atoms with E-state index in [1.807, 2.05) is 0 Å². The first-order valence-electron chi connectivity index (χ1n) is 11.8. The van der Waals surface area contributed by atoms with Gasteiger partial charge in [0.05, 0.1) is 5.52 Å². The normalized spacial score (nSPS) is 26.1.